The van der Waals surface area contributed by atoms with Gasteiger partial charge in [0.1, 0.15) is 12.6 Å². The lowest BCUT2D eigenvalue weighted by atomic mass is 9.98. The Morgan fingerprint density at radius 3 is 2.28 bits per heavy atom. The summed E-state index contributed by atoms with van der Waals surface area (Å²) in [6, 6.07) is 14.7. The Morgan fingerprint density at radius 2 is 1.69 bits per heavy atom. The van der Waals surface area contributed by atoms with Crippen LogP contribution in [0.1, 0.15) is 40.9 Å². The van der Waals surface area contributed by atoms with Crippen LogP contribution in [0.4, 0.5) is 10.6 Å². The van der Waals surface area contributed by atoms with Gasteiger partial charge in [0.05, 0.1) is 0 Å². The molecule has 32 heavy (non-hydrogen) atoms. The Bertz CT molecular complexity index is 1130. The van der Waals surface area contributed by atoms with E-state index < -0.39 is 24.0 Å². The standard InChI is InChI=1S/C22H20N4O6/c1-2-17(21(28)29)23-20(27)18-19(26-32-25-18)24-22(30)31-11-16-14-9-5-3-7-12(14)13-8-4-6-10-15(13)16/h3-10,16-17H,2,11H2,1H3,(H,23,27)(H,28,29)(H,24,26,30). The molecule has 3 aromatic rings. The first-order chi connectivity index (χ1) is 15.5. The topological polar surface area (TPSA) is 144 Å². The summed E-state index contributed by atoms with van der Waals surface area (Å²) < 4.78 is 9.94. The fraction of sp³-hybridized carbons (Fsp3) is 0.227. The molecular formula is C22H20N4O6. The van der Waals surface area contributed by atoms with E-state index in [1.165, 1.54) is 0 Å². The van der Waals surface area contributed by atoms with Gasteiger partial charge in [-0.2, -0.15) is 0 Å². The third kappa shape index (κ3) is 4.02. The fourth-order valence-electron chi connectivity index (χ4n) is 3.72. The van der Waals surface area contributed by atoms with Gasteiger partial charge in [0.15, 0.2) is 0 Å². The molecular weight excluding hydrogens is 416 g/mol. The van der Waals surface area contributed by atoms with E-state index >= 15 is 0 Å². The molecule has 3 N–H and O–H groups in total. The number of amides is 2. The van der Waals surface area contributed by atoms with Crippen LogP contribution in [0.3, 0.4) is 0 Å². The number of rotatable bonds is 7. The number of anilines is 1. The summed E-state index contributed by atoms with van der Waals surface area (Å²) >= 11 is 0. The predicted molar refractivity (Wildman–Crippen MR) is 112 cm³/mol. The zero-order chi connectivity index (χ0) is 22.7. The lowest BCUT2D eigenvalue weighted by molar-refractivity contribution is -0.139. The lowest BCUT2D eigenvalue weighted by Gasteiger charge is -2.14. The molecule has 0 spiro atoms. The van der Waals surface area contributed by atoms with Gasteiger partial charge < -0.3 is 15.2 Å². The number of nitrogens with zero attached hydrogens (tertiary/aromatic N) is 2. The molecule has 1 aliphatic carbocycles. The number of carboxylic acids is 1. The largest absolute Gasteiger partial charge is 0.480 e. The number of ether oxygens (including phenoxy) is 1. The molecule has 2 amide bonds. The first-order valence-electron chi connectivity index (χ1n) is 9.97. The van der Waals surface area contributed by atoms with E-state index in [1.54, 1.807) is 6.92 Å². The third-order valence-corrected chi connectivity index (χ3v) is 5.28. The number of carbonyl (C=O) groups excluding carboxylic acids is 2. The van der Waals surface area contributed by atoms with Gasteiger partial charge in [-0.1, -0.05) is 55.5 Å². The highest BCUT2D eigenvalue weighted by Crippen LogP contribution is 2.44. The number of carboxylic acid groups (broad SMARTS) is 1. The van der Waals surface area contributed by atoms with E-state index in [0.29, 0.717) is 0 Å². The summed E-state index contributed by atoms with van der Waals surface area (Å²) in [6.45, 7) is 1.68. The average molecular weight is 436 g/mol. The molecule has 1 aliphatic rings. The predicted octanol–water partition coefficient (Wildman–Crippen LogP) is 3.02. The second kappa shape index (κ2) is 8.88. The van der Waals surface area contributed by atoms with Crippen LogP contribution in [0.2, 0.25) is 0 Å². The van der Waals surface area contributed by atoms with Gasteiger partial charge >= 0.3 is 12.1 Å². The normalized spacial score (nSPS) is 13.0. The first-order valence-corrected chi connectivity index (χ1v) is 9.97. The van der Waals surface area contributed by atoms with Crippen LogP contribution in [-0.2, 0) is 9.53 Å². The maximum absolute atomic E-state index is 12.4. The highest BCUT2D eigenvalue weighted by Gasteiger charge is 2.30. The molecule has 0 aliphatic heterocycles. The van der Waals surface area contributed by atoms with Gasteiger partial charge in [0.25, 0.3) is 5.91 Å². The Kier molecular flexibility index (Phi) is 5.84. The number of hydrogen-bond acceptors (Lipinski definition) is 7. The maximum atomic E-state index is 12.4. The lowest BCUT2D eigenvalue weighted by Crippen LogP contribution is -2.40. The number of benzene rings is 2. The van der Waals surface area contributed by atoms with Gasteiger partial charge in [-0.3, -0.25) is 10.1 Å². The van der Waals surface area contributed by atoms with E-state index in [1.807, 2.05) is 48.5 Å². The highest BCUT2D eigenvalue weighted by molar-refractivity contribution is 6.01. The van der Waals surface area contributed by atoms with Crippen molar-refractivity contribution >= 4 is 23.8 Å². The zero-order valence-electron chi connectivity index (χ0n) is 17.1. The number of aliphatic carboxylic acids is 1. The minimum atomic E-state index is -1.19. The Hall–Kier alpha value is -4.21. The van der Waals surface area contributed by atoms with Crippen LogP contribution in [-0.4, -0.2) is 46.0 Å². The van der Waals surface area contributed by atoms with E-state index in [9.17, 15) is 14.4 Å². The second-order valence-corrected chi connectivity index (χ2v) is 7.18. The third-order valence-electron chi connectivity index (χ3n) is 5.28. The SMILES string of the molecule is CCC(NC(=O)c1nonc1NC(=O)OCC1c2ccccc2-c2ccccc21)C(=O)O. The van der Waals surface area contributed by atoms with Crippen LogP contribution < -0.4 is 10.6 Å². The summed E-state index contributed by atoms with van der Waals surface area (Å²) in [5, 5.41) is 20.7. The maximum Gasteiger partial charge on any atom is 0.412 e. The summed E-state index contributed by atoms with van der Waals surface area (Å²) in [5.74, 6) is -2.43. The highest BCUT2D eigenvalue weighted by atomic mass is 16.6. The fourth-order valence-corrected chi connectivity index (χ4v) is 3.72. The molecule has 0 saturated heterocycles. The van der Waals surface area contributed by atoms with Crippen molar-refractivity contribution < 1.29 is 28.9 Å². The van der Waals surface area contributed by atoms with Crippen molar-refractivity contribution in [1.82, 2.24) is 15.6 Å². The quantitative estimate of drug-likeness (QED) is 0.513. The molecule has 1 atom stereocenters. The van der Waals surface area contributed by atoms with Gasteiger partial charge in [-0.25, -0.2) is 14.2 Å². The van der Waals surface area contributed by atoms with E-state index in [-0.39, 0.29) is 30.5 Å². The van der Waals surface area contributed by atoms with Gasteiger partial charge in [0.2, 0.25) is 11.5 Å². The summed E-state index contributed by atoms with van der Waals surface area (Å²) in [6.07, 6.45) is -0.677. The van der Waals surface area contributed by atoms with E-state index in [2.05, 4.69) is 25.6 Å². The minimum Gasteiger partial charge on any atom is -0.480 e. The summed E-state index contributed by atoms with van der Waals surface area (Å²) in [4.78, 5) is 35.8. The van der Waals surface area contributed by atoms with Crippen molar-refractivity contribution in [2.75, 3.05) is 11.9 Å². The van der Waals surface area contributed by atoms with Crippen molar-refractivity contribution in [2.45, 2.75) is 25.3 Å². The van der Waals surface area contributed by atoms with Crippen LogP contribution in [0.15, 0.2) is 53.2 Å². The van der Waals surface area contributed by atoms with Crippen LogP contribution in [0, 0.1) is 0 Å². The van der Waals surface area contributed by atoms with Crippen LogP contribution >= 0.6 is 0 Å². The smallest absolute Gasteiger partial charge is 0.412 e. The number of aromatic nitrogens is 2. The molecule has 10 nitrogen and oxygen atoms in total. The molecule has 0 saturated carbocycles. The molecule has 164 valence electrons. The van der Waals surface area contributed by atoms with Crippen LogP contribution in [0.5, 0.6) is 0 Å². The molecule has 10 heteroatoms. The molecule has 1 aromatic heterocycles. The Balaban J connectivity index is 1.42. The van der Waals surface area contributed by atoms with Crippen molar-refractivity contribution in [3.8, 4) is 11.1 Å². The van der Waals surface area contributed by atoms with E-state index in [4.69, 9.17) is 9.84 Å². The second-order valence-electron chi connectivity index (χ2n) is 7.18. The van der Waals surface area contributed by atoms with Crippen molar-refractivity contribution in [1.29, 1.82) is 0 Å². The molecule has 2 aromatic carbocycles. The van der Waals surface area contributed by atoms with E-state index in [0.717, 1.165) is 22.3 Å². The molecule has 4 rings (SSSR count). The number of nitrogens with one attached hydrogen (secondary N) is 2. The van der Waals surface area contributed by atoms with Crippen LogP contribution in [0.25, 0.3) is 11.1 Å². The number of fused-ring (bicyclic) bond motifs is 3. The molecule has 1 heterocycles. The molecule has 1 unspecified atom stereocenters. The minimum absolute atomic E-state index is 0.0730. The van der Waals surface area contributed by atoms with Gasteiger partial charge in [-0.05, 0) is 39.0 Å². The number of hydrogen-bond donors (Lipinski definition) is 3. The molecule has 0 fully saturated rings. The Morgan fingerprint density at radius 1 is 1.06 bits per heavy atom. The Labute approximate surface area is 182 Å². The van der Waals surface area contributed by atoms with Gasteiger partial charge in [-0.15, -0.1) is 0 Å². The zero-order valence-corrected chi connectivity index (χ0v) is 17.1. The van der Waals surface area contributed by atoms with Crippen molar-refractivity contribution in [3.63, 3.8) is 0 Å². The summed E-state index contributed by atoms with van der Waals surface area (Å²) in [7, 11) is 0. The summed E-state index contributed by atoms with van der Waals surface area (Å²) in [5.41, 5.74) is 3.97. The van der Waals surface area contributed by atoms with Gasteiger partial charge in [0, 0.05) is 5.92 Å². The van der Waals surface area contributed by atoms with Crippen molar-refractivity contribution in [2.24, 2.45) is 0 Å². The molecule has 0 radical (unpaired) electrons. The first kappa shape index (κ1) is 21.0. The number of carbonyl (C=O) groups is 3. The monoisotopic (exact) mass is 436 g/mol. The van der Waals surface area contributed by atoms with Crippen molar-refractivity contribution in [3.05, 3.63) is 65.4 Å². The average Bonchev–Trinajstić information content (AvgIpc) is 3.38. The molecule has 0 bridgehead atoms.